The molecule has 5 nitrogen and oxygen atoms in total. The van der Waals surface area contributed by atoms with Crippen molar-refractivity contribution in [3.8, 4) is 0 Å². The molecule has 2 heterocycles. The van der Waals surface area contributed by atoms with Crippen molar-refractivity contribution in [1.29, 1.82) is 0 Å². The lowest BCUT2D eigenvalue weighted by atomic mass is 10.1. The van der Waals surface area contributed by atoms with Crippen LogP contribution < -0.4 is 5.32 Å². The van der Waals surface area contributed by atoms with E-state index < -0.39 is 0 Å². The number of hydrogen-bond acceptors (Lipinski definition) is 4. The molecule has 19 heavy (non-hydrogen) atoms. The maximum absolute atomic E-state index is 12.1. The molecule has 0 unspecified atom stereocenters. The van der Waals surface area contributed by atoms with E-state index in [1.165, 1.54) is 6.20 Å². The molecule has 0 saturated carbocycles. The van der Waals surface area contributed by atoms with Crippen LogP contribution in [0.25, 0.3) is 0 Å². The number of likely N-dealkylation sites (tertiary alicyclic amines) is 1. The summed E-state index contributed by atoms with van der Waals surface area (Å²) in [7, 11) is 0. The number of carbonyl (C=O) groups excluding carboxylic acids is 1. The van der Waals surface area contributed by atoms with Crippen LogP contribution in [-0.4, -0.2) is 46.1 Å². The first kappa shape index (κ1) is 14.2. The average molecular weight is 284 g/mol. The van der Waals surface area contributed by atoms with Gasteiger partial charge in [-0.3, -0.25) is 9.69 Å². The van der Waals surface area contributed by atoms with Crippen LogP contribution in [0, 0.1) is 0 Å². The van der Waals surface area contributed by atoms with Crippen molar-refractivity contribution < 1.29 is 9.90 Å². The van der Waals surface area contributed by atoms with Crippen LogP contribution in [0.15, 0.2) is 18.3 Å². The van der Waals surface area contributed by atoms with Crippen molar-refractivity contribution in [2.45, 2.75) is 31.9 Å². The molecule has 0 bridgehead atoms. The van der Waals surface area contributed by atoms with E-state index in [4.69, 9.17) is 11.6 Å². The van der Waals surface area contributed by atoms with Crippen LogP contribution in [0.1, 0.15) is 19.8 Å². The van der Waals surface area contributed by atoms with Gasteiger partial charge in [-0.05, 0) is 31.9 Å². The minimum atomic E-state index is -0.232. The largest absolute Gasteiger partial charge is 0.393 e. The Labute approximate surface area is 117 Å². The number of amides is 1. The van der Waals surface area contributed by atoms with Gasteiger partial charge in [0.1, 0.15) is 5.82 Å². The van der Waals surface area contributed by atoms with Crippen LogP contribution in [0.3, 0.4) is 0 Å². The molecule has 0 spiro atoms. The molecule has 2 rings (SSSR count). The molecule has 1 amide bonds. The molecular formula is C13H18ClN3O2. The standard InChI is InChI=1S/C13H18ClN3O2/c1-9(17-6-4-11(18)5-7-17)13(19)16-12-3-2-10(14)8-15-12/h2-3,8-9,11,18H,4-7H2,1H3,(H,15,16,19)/t9-/m1/s1. The van der Waals surface area contributed by atoms with Gasteiger partial charge in [0.05, 0.1) is 17.2 Å². The van der Waals surface area contributed by atoms with Crippen LogP contribution in [0.4, 0.5) is 5.82 Å². The molecule has 1 aromatic rings. The fourth-order valence-electron chi connectivity index (χ4n) is 2.12. The predicted molar refractivity (Wildman–Crippen MR) is 74.2 cm³/mol. The van der Waals surface area contributed by atoms with Gasteiger partial charge in [-0.15, -0.1) is 0 Å². The molecule has 104 valence electrons. The summed E-state index contributed by atoms with van der Waals surface area (Å²) in [6.07, 6.45) is 2.71. The minimum Gasteiger partial charge on any atom is -0.393 e. The predicted octanol–water partition coefficient (Wildman–Crippen LogP) is 1.52. The Balaban J connectivity index is 1.90. The quantitative estimate of drug-likeness (QED) is 0.883. The third-order valence-corrected chi connectivity index (χ3v) is 3.63. The molecule has 6 heteroatoms. The van der Waals surface area contributed by atoms with Gasteiger partial charge in [-0.1, -0.05) is 11.6 Å². The van der Waals surface area contributed by atoms with Crippen molar-refractivity contribution in [3.05, 3.63) is 23.4 Å². The van der Waals surface area contributed by atoms with E-state index in [2.05, 4.69) is 15.2 Å². The van der Waals surface area contributed by atoms with Crippen LogP contribution in [-0.2, 0) is 4.79 Å². The third kappa shape index (κ3) is 3.89. The van der Waals surface area contributed by atoms with E-state index in [1.807, 2.05) is 6.92 Å². The monoisotopic (exact) mass is 283 g/mol. The molecule has 2 N–H and O–H groups in total. The molecule has 0 aromatic carbocycles. The summed E-state index contributed by atoms with van der Waals surface area (Å²) in [4.78, 5) is 18.2. The second kappa shape index (κ2) is 6.32. The van der Waals surface area contributed by atoms with E-state index >= 15 is 0 Å². The SMILES string of the molecule is C[C@H](C(=O)Nc1ccc(Cl)cn1)N1CCC(O)CC1. The summed E-state index contributed by atoms with van der Waals surface area (Å²) in [5.74, 6) is 0.407. The first-order valence-electron chi connectivity index (χ1n) is 6.41. The molecule has 1 saturated heterocycles. The molecular weight excluding hydrogens is 266 g/mol. The molecule has 1 fully saturated rings. The Bertz CT molecular complexity index is 430. The Morgan fingerprint density at radius 2 is 2.21 bits per heavy atom. The molecule has 1 aromatic heterocycles. The lowest BCUT2D eigenvalue weighted by molar-refractivity contribution is -0.121. The summed E-state index contributed by atoms with van der Waals surface area (Å²) < 4.78 is 0. The van der Waals surface area contributed by atoms with Crippen molar-refractivity contribution in [2.24, 2.45) is 0 Å². The normalized spacial score (nSPS) is 19.1. The molecule has 1 aliphatic rings. The maximum atomic E-state index is 12.1. The van der Waals surface area contributed by atoms with Crippen LogP contribution >= 0.6 is 11.6 Å². The van der Waals surface area contributed by atoms with Crippen molar-refractivity contribution in [3.63, 3.8) is 0 Å². The van der Waals surface area contributed by atoms with Gasteiger partial charge >= 0.3 is 0 Å². The van der Waals surface area contributed by atoms with Crippen molar-refractivity contribution in [2.75, 3.05) is 18.4 Å². The number of aliphatic hydroxyl groups is 1. The highest BCUT2D eigenvalue weighted by Gasteiger charge is 2.25. The summed E-state index contributed by atoms with van der Waals surface area (Å²) in [5, 5.41) is 12.8. The van der Waals surface area contributed by atoms with Crippen LogP contribution in [0.2, 0.25) is 5.02 Å². The van der Waals surface area contributed by atoms with Gasteiger partial charge in [0.15, 0.2) is 0 Å². The van der Waals surface area contributed by atoms with Gasteiger partial charge in [0.25, 0.3) is 0 Å². The van der Waals surface area contributed by atoms with Crippen molar-refractivity contribution >= 4 is 23.3 Å². The second-order valence-corrected chi connectivity index (χ2v) is 5.23. The fourth-order valence-corrected chi connectivity index (χ4v) is 2.23. The van der Waals surface area contributed by atoms with E-state index in [0.717, 1.165) is 25.9 Å². The Morgan fingerprint density at radius 1 is 1.53 bits per heavy atom. The fraction of sp³-hybridized carbons (Fsp3) is 0.538. The Kier molecular flexibility index (Phi) is 4.74. The van der Waals surface area contributed by atoms with Gasteiger partial charge in [0, 0.05) is 19.3 Å². The number of nitrogens with zero attached hydrogens (tertiary/aromatic N) is 2. The molecule has 1 atom stereocenters. The summed E-state index contributed by atoms with van der Waals surface area (Å²) in [6.45, 7) is 3.34. The minimum absolute atomic E-state index is 0.0915. The highest BCUT2D eigenvalue weighted by molar-refractivity contribution is 6.30. The number of aromatic nitrogens is 1. The second-order valence-electron chi connectivity index (χ2n) is 4.79. The zero-order chi connectivity index (χ0) is 13.8. The number of piperidine rings is 1. The third-order valence-electron chi connectivity index (χ3n) is 3.40. The topological polar surface area (TPSA) is 65.5 Å². The summed E-state index contributed by atoms with van der Waals surface area (Å²) in [6, 6.07) is 3.13. The van der Waals surface area contributed by atoms with Gasteiger partial charge in [0.2, 0.25) is 5.91 Å². The summed E-state index contributed by atoms with van der Waals surface area (Å²) >= 11 is 5.74. The molecule has 0 radical (unpaired) electrons. The zero-order valence-electron chi connectivity index (χ0n) is 10.8. The van der Waals surface area contributed by atoms with E-state index in [0.29, 0.717) is 10.8 Å². The van der Waals surface area contributed by atoms with Crippen molar-refractivity contribution in [1.82, 2.24) is 9.88 Å². The maximum Gasteiger partial charge on any atom is 0.242 e. The van der Waals surface area contributed by atoms with E-state index in [-0.39, 0.29) is 18.1 Å². The van der Waals surface area contributed by atoms with Gasteiger partial charge < -0.3 is 10.4 Å². The lowest BCUT2D eigenvalue weighted by Crippen LogP contribution is -2.47. The number of anilines is 1. The van der Waals surface area contributed by atoms with Crippen LogP contribution in [0.5, 0.6) is 0 Å². The van der Waals surface area contributed by atoms with E-state index in [1.54, 1.807) is 12.1 Å². The zero-order valence-corrected chi connectivity index (χ0v) is 11.6. The number of halogens is 1. The first-order chi connectivity index (χ1) is 9.06. The number of hydrogen-bond donors (Lipinski definition) is 2. The molecule has 0 aliphatic carbocycles. The smallest absolute Gasteiger partial charge is 0.242 e. The number of pyridine rings is 1. The Morgan fingerprint density at radius 3 is 2.79 bits per heavy atom. The lowest BCUT2D eigenvalue weighted by Gasteiger charge is -2.33. The van der Waals surface area contributed by atoms with Gasteiger partial charge in [-0.2, -0.15) is 0 Å². The van der Waals surface area contributed by atoms with Gasteiger partial charge in [-0.25, -0.2) is 4.98 Å². The Hall–Kier alpha value is -1.17. The highest BCUT2D eigenvalue weighted by atomic mass is 35.5. The number of nitrogens with one attached hydrogen (secondary N) is 1. The number of aliphatic hydroxyl groups excluding tert-OH is 1. The average Bonchev–Trinajstić information content (AvgIpc) is 2.41. The number of carbonyl (C=O) groups is 1. The van der Waals surface area contributed by atoms with E-state index in [9.17, 15) is 9.90 Å². The highest BCUT2D eigenvalue weighted by Crippen LogP contribution is 2.15. The first-order valence-corrected chi connectivity index (χ1v) is 6.78. The molecule has 1 aliphatic heterocycles. The summed E-state index contributed by atoms with van der Waals surface area (Å²) in [5.41, 5.74) is 0. The number of rotatable bonds is 3.